The van der Waals surface area contributed by atoms with Gasteiger partial charge in [-0.25, -0.2) is 8.42 Å². The molecule has 1 atom stereocenters. The summed E-state index contributed by atoms with van der Waals surface area (Å²) in [6, 6.07) is 20.1. The number of nitrogens with one attached hydrogen (secondary N) is 1. The molecule has 0 saturated carbocycles. The van der Waals surface area contributed by atoms with Crippen LogP contribution in [-0.4, -0.2) is 57.1 Å². The molecule has 8 nitrogen and oxygen atoms in total. The van der Waals surface area contributed by atoms with E-state index in [0.29, 0.717) is 18.9 Å². The minimum absolute atomic E-state index is 0.0494. The second-order valence-electron chi connectivity index (χ2n) is 9.57. The van der Waals surface area contributed by atoms with Gasteiger partial charge in [-0.05, 0) is 75.4 Å². The minimum atomic E-state index is -4.19. The summed E-state index contributed by atoms with van der Waals surface area (Å²) in [6.45, 7) is 7.78. The van der Waals surface area contributed by atoms with Crippen LogP contribution in [0.25, 0.3) is 0 Å². The first-order valence-corrected chi connectivity index (χ1v) is 16.3. The molecule has 0 heterocycles. The van der Waals surface area contributed by atoms with Gasteiger partial charge in [-0.1, -0.05) is 48.9 Å². The molecule has 0 bridgehead atoms. The van der Waals surface area contributed by atoms with Gasteiger partial charge in [0.15, 0.2) is 0 Å². The van der Waals surface area contributed by atoms with Crippen LogP contribution in [0.15, 0.2) is 82.6 Å². The highest BCUT2D eigenvalue weighted by Crippen LogP contribution is 2.33. The maximum Gasteiger partial charge on any atom is 0.264 e. The van der Waals surface area contributed by atoms with Crippen molar-refractivity contribution in [3.63, 3.8) is 0 Å². The van der Waals surface area contributed by atoms with Crippen molar-refractivity contribution in [1.29, 1.82) is 0 Å². The number of carbonyl (C=O) groups excluding carboxylic acids is 2. The normalized spacial score (nSPS) is 11.9. The molecule has 0 aromatic heterocycles. The quantitative estimate of drug-likeness (QED) is 0.255. The Morgan fingerprint density at radius 2 is 1.71 bits per heavy atom. The summed E-state index contributed by atoms with van der Waals surface area (Å²) in [4.78, 5) is 29.5. The van der Waals surface area contributed by atoms with Crippen LogP contribution in [0, 0.1) is 6.92 Å². The van der Waals surface area contributed by atoms with Crippen LogP contribution >= 0.6 is 11.8 Å². The van der Waals surface area contributed by atoms with Crippen molar-refractivity contribution in [1.82, 2.24) is 10.2 Å². The third-order valence-corrected chi connectivity index (χ3v) is 9.03. The Hall–Kier alpha value is -3.50. The lowest BCUT2D eigenvalue weighted by atomic mass is 10.1. The Bertz CT molecular complexity index is 1430. The summed E-state index contributed by atoms with van der Waals surface area (Å²) in [7, 11) is -4.19. The van der Waals surface area contributed by atoms with Crippen molar-refractivity contribution in [2.45, 2.75) is 56.5 Å². The largest absolute Gasteiger partial charge is 0.492 e. The molecule has 0 aliphatic heterocycles. The van der Waals surface area contributed by atoms with Crippen molar-refractivity contribution in [2.24, 2.45) is 0 Å². The van der Waals surface area contributed by atoms with Crippen LogP contribution in [0.1, 0.15) is 38.3 Å². The minimum Gasteiger partial charge on any atom is -0.492 e. The maximum atomic E-state index is 14.1. The predicted octanol–water partition coefficient (Wildman–Crippen LogP) is 5.25. The van der Waals surface area contributed by atoms with Gasteiger partial charge >= 0.3 is 0 Å². The number of ether oxygens (including phenoxy) is 1. The van der Waals surface area contributed by atoms with Crippen molar-refractivity contribution in [3.8, 4) is 5.75 Å². The lowest BCUT2D eigenvalue weighted by Gasteiger charge is -2.32. The zero-order valence-electron chi connectivity index (χ0n) is 24.3. The van der Waals surface area contributed by atoms with E-state index in [2.05, 4.69) is 5.32 Å². The third kappa shape index (κ3) is 8.27. The van der Waals surface area contributed by atoms with Crippen LogP contribution in [0.5, 0.6) is 5.75 Å². The maximum absolute atomic E-state index is 14.1. The number of carbonyl (C=O) groups is 2. The predicted molar refractivity (Wildman–Crippen MR) is 165 cm³/mol. The van der Waals surface area contributed by atoms with Gasteiger partial charge in [0.05, 0.1) is 17.2 Å². The molecule has 1 N–H and O–H groups in total. The number of nitrogens with zero attached hydrogens (tertiary/aromatic N) is 2. The number of sulfonamides is 1. The third-order valence-electron chi connectivity index (χ3n) is 6.51. The van der Waals surface area contributed by atoms with E-state index in [9.17, 15) is 18.0 Å². The summed E-state index contributed by atoms with van der Waals surface area (Å²) in [5, 5.41) is 2.86. The van der Waals surface area contributed by atoms with Gasteiger partial charge in [0, 0.05) is 18.0 Å². The molecule has 0 fully saturated rings. The van der Waals surface area contributed by atoms with Crippen molar-refractivity contribution in [3.05, 3.63) is 83.9 Å². The van der Waals surface area contributed by atoms with Gasteiger partial charge in [0.2, 0.25) is 11.8 Å². The number of thioether (sulfide) groups is 1. The van der Waals surface area contributed by atoms with Crippen LogP contribution in [0.3, 0.4) is 0 Å². The number of aryl methyl sites for hydroxylation is 1. The molecule has 3 rings (SSSR count). The summed E-state index contributed by atoms with van der Waals surface area (Å²) in [6.07, 6.45) is 2.66. The van der Waals surface area contributed by atoms with Gasteiger partial charge in [-0.15, -0.1) is 11.8 Å². The number of amides is 2. The Balaban J connectivity index is 2.07. The molecular weight excluding hydrogens is 558 g/mol. The molecule has 41 heavy (non-hydrogen) atoms. The van der Waals surface area contributed by atoms with Crippen molar-refractivity contribution < 1.29 is 22.7 Å². The second-order valence-corrected chi connectivity index (χ2v) is 12.3. The number of para-hydroxylation sites is 2. The Morgan fingerprint density at radius 1 is 1.00 bits per heavy atom. The van der Waals surface area contributed by atoms with E-state index in [-0.39, 0.29) is 23.0 Å². The van der Waals surface area contributed by atoms with Crippen LogP contribution in [0.2, 0.25) is 0 Å². The van der Waals surface area contributed by atoms with Crippen LogP contribution < -0.4 is 14.4 Å². The first-order valence-electron chi connectivity index (χ1n) is 13.6. The molecule has 0 aliphatic carbocycles. The highest BCUT2D eigenvalue weighted by Gasteiger charge is 2.33. The summed E-state index contributed by atoms with van der Waals surface area (Å²) >= 11 is 1.50. The second kappa shape index (κ2) is 14.9. The average molecular weight is 598 g/mol. The molecule has 0 aliphatic rings. The van der Waals surface area contributed by atoms with E-state index in [1.54, 1.807) is 43.3 Å². The first kappa shape index (κ1) is 32.0. The highest BCUT2D eigenvalue weighted by molar-refractivity contribution is 7.98. The van der Waals surface area contributed by atoms with E-state index in [1.807, 2.05) is 51.3 Å². The zero-order valence-corrected chi connectivity index (χ0v) is 25.9. The van der Waals surface area contributed by atoms with Crippen LogP contribution in [-0.2, 0) is 26.2 Å². The molecule has 1 unspecified atom stereocenters. The van der Waals surface area contributed by atoms with Gasteiger partial charge in [0.25, 0.3) is 10.0 Å². The molecule has 3 aromatic rings. The number of rotatable bonds is 14. The molecule has 10 heteroatoms. The monoisotopic (exact) mass is 597 g/mol. The molecular formula is C31H39N3O5S2. The van der Waals surface area contributed by atoms with Gasteiger partial charge in [-0.2, -0.15) is 0 Å². The Kier molecular flexibility index (Phi) is 11.7. The average Bonchev–Trinajstić information content (AvgIpc) is 2.97. The van der Waals surface area contributed by atoms with Gasteiger partial charge in [-0.3, -0.25) is 13.9 Å². The van der Waals surface area contributed by atoms with Crippen molar-refractivity contribution >= 4 is 39.3 Å². The molecule has 220 valence electrons. The fraction of sp³-hybridized carbons (Fsp3) is 0.355. The van der Waals surface area contributed by atoms with E-state index < -0.39 is 28.5 Å². The molecule has 0 saturated heterocycles. The van der Waals surface area contributed by atoms with E-state index in [0.717, 1.165) is 26.7 Å². The highest BCUT2D eigenvalue weighted by atomic mass is 32.2. The SMILES string of the molecule is CCCNC(=O)C(C)N(Cc1cccc(C)c1)C(=O)CN(c1ccccc1OCC)S(=O)(=O)c1ccc(SC)cc1. The standard InChI is InChI=1S/C31H39N3O5S2/c1-6-19-32-31(36)24(4)33(21-25-12-10-11-23(3)20-25)30(35)22-34(28-13-8-9-14-29(28)39-7-2)41(37,38)27-17-15-26(40-5)16-18-27/h8-18,20,24H,6-7,19,21-22H2,1-5H3,(H,32,36). The summed E-state index contributed by atoms with van der Waals surface area (Å²) in [5.74, 6) is -0.475. The lowest BCUT2D eigenvalue weighted by Crippen LogP contribution is -2.51. The summed E-state index contributed by atoms with van der Waals surface area (Å²) in [5.41, 5.74) is 2.10. The Labute approximate surface area is 248 Å². The zero-order chi connectivity index (χ0) is 30.0. The fourth-order valence-corrected chi connectivity index (χ4v) is 6.15. The van der Waals surface area contributed by atoms with E-state index >= 15 is 0 Å². The molecule has 2 amide bonds. The number of benzene rings is 3. The lowest BCUT2D eigenvalue weighted by molar-refractivity contribution is -0.139. The molecule has 0 radical (unpaired) electrons. The van der Waals surface area contributed by atoms with Crippen LogP contribution in [0.4, 0.5) is 5.69 Å². The number of hydrogen-bond donors (Lipinski definition) is 1. The van der Waals surface area contributed by atoms with E-state index in [1.165, 1.54) is 28.8 Å². The molecule has 3 aromatic carbocycles. The van der Waals surface area contributed by atoms with Crippen molar-refractivity contribution in [2.75, 3.05) is 30.3 Å². The summed E-state index contributed by atoms with van der Waals surface area (Å²) < 4.78 is 35.1. The Morgan fingerprint density at radius 3 is 2.34 bits per heavy atom. The smallest absolute Gasteiger partial charge is 0.264 e. The van der Waals surface area contributed by atoms with Gasteiger partial charge in [0.1, 0.15) is 18.3 Å². The first-order chi connectivity index (χ1) is 19.6. The molecule has 0 spiro atoms. The topological polar surface area (TPSA) is 96.0 Å². The fourth-order valence-electron chi connectivity index (χ4n) is 4.31. The number of hydrogen-bond acceptors (Lipinski definition) is 6. The van der Waals surface area contributed by atoms with E-state index in [4.69, 9.17) is 4.74 Å². The number of anilines is 1. The van der Waals surface area contributed by atoms with Gasteiger partial charge < -0.3 is 15.0 Å².